The van der Waals surface area contributed by atoms with Gasteiger partial charge in [0.25, 0.3) is 0 Å². The first-order chi connectivity index (χ1) is 8.96. The monoisotopic (exact) mass is 343 g/mol. The lowest BCUT2D eigenvalue weighted by Gasteiger charge is -2.05. The number of hydrogen-bond acceptors (Lipinski definition) is 3. The lowest BCUT2D eigenvalue weighted by Crippen LogP contribution is -2.09. The maximum atomic E-state index is 13.6. The van der Waals surface area contributed by atoms with Gasteiger partial charge >= 0.3 is 0 Å². The Labute approximate surface area is 119 Å². The number of pyridine rings is 1. The Morgan fingerprint density at radius 3 is 2.58 bits per heavy atom. The van der Waals surface area contributed by atoms with Crippen molar-refractivity contribution in [2.24, 2.45) is 0 Å². The Morgan fingerprint density at radius 1 is 1.16 bits per heavy atom. The van der Waals surface area contributed by atoms with Crippen molar-refractivity contribution in [3.63, 3.8) is 0 Å². The van der Waals surface area contributed by atoms with E-state index in [2.05, 4.69) is 20.9 Å². The summed E-state index contributed by atoms with van der Waals surface area (Å²) in [6.45, 7) is 0. The molecule has 1 aromatic heterocycles. The second-order valence-electron chi connectivity index (χ2n) is 4.09. The minimum Gasteiger partial charge on any atom is -0.260 e. The maximum absolute atomic E-state index is 13.6. The van der Waals surface area contributed by atoms with Crippen molar-refractivity contribution in [1.29, 1.82) is 0 Å². The van der Waals surface area contributed by atoms with Crippen molar-refractivity contribution in [3.8, 4) is 0 Å². The van der Waals surface area contributed by atoms with Crippen LogP contribution in [0.4, 0.5) is 4.39 Å². The van der Waals surface area contributed by atoms with E-state index in [0.717, 1.165) is 0 Å². The molecule has 19 heavy (non-hydrogen) atoms. The van der Waals surface area contributed by atoms with Crippen molar-refractivity contribution in [2.75, 3.05) is 0 Å². The number of sulfone groups is 1. The van der Waals surface area contributed by atoms with E-state index in [1.807, 2.05) is 0 Å². The highest BCUT2D eigenvalue weighted by Gasteiger charge is 2.16. The summed E-state index contributed by atoms with van der Waals surface area (Å²) in [5, 5.41) is 0. The van der Waals surface area contributed by atoms with E-state index >= 15 is 0 Å². The summed E-state index contributed by atoms with van der Waals surface area (Å²) >= 11 is 3.13. The van der Waals surface area contributed by atoms with Crippen LogP contribution in [0, 0.1) is 5.82 Å². The van der Waals surface area contributed by atoms with E-state index in [1.54, 1.807) is 24.3 Å². The van der Waals surface area contributed by atoms with Gasteiger partial charge in [-0.05, 0) is 24.3 Å². The van der Waals surface area contributed by atoms with Gasteiger partial charge in [0.15, 0.2) is 9.84 Å². The van der Waals surface area contributed by atoms with Crippen LogP contribution in [0.25, 0.3) is 0 Å². The Balaban J connectivity index is 2.17. The Bertz CT molecular complexity index is 674. The lowest BCUT2D eigenvalue weighted by molar-refractivity contribution is 0.585. The Hall–Kier alpha value is -1.27. The predicted molar refractivity (Wildman–Crippen MR) is 74.7 cm³/mol. The zero-order valence-corrected chi connectivity index (χ0v) is 12.3. The second kappa shape index (κ2) is 5.79. The summed E-state index contributed by atoms with van der Waals surface area (Å²) < 4.78 is 38.2. The molecule has 0 amide bonds. The normalized spacial score (nSPS) is 11.5. The third-order valence-corrected chi connectivity index (χ3v) is 4.46. The van der Waals surface area contributed by atoms with E-state index < -0.39 is 15.7 Å². The molecule has 0 fully saturated rings. The van der Waals surface area contributed by atoms with Gasteiger partial charge in [0.2, 0.25) is 0 Å². The molecule has 0 atom stereocenters. The van der Waals surface area contributed by atoms with Gasteiger partial charge < -0.3 is 0 Å². The molecule has 1 heterocycles. The number of hydrogen-bond donors (Lipinski definition) is 0. The van der Waals surface area contributed by atoms with E-state index in [4.69, 9.17) is 0 Å². The van der Waals surface area contributed by atoms with Gasteiger partial charge in [-0.2, -0.15) is 0 Å². The largest absolute Gasteiger partial charge is 0.260 e. The number of halogens is 2. The minimum absolute atomic E-state index is 0.166. The van der Waals surface area contributed by atoms with Crippen molar-refractivity contribution in [2.45, 2.75) is 11.5 Å². The van der Waals surface area contributed by atoms with Gasteiger partial charge in [-0.3, -0.25) is 4.98 Å². The number of nitrogens with zero attached hydrogens (tertiary/aromatic N) is 1. The Morgan fingerprint density at radius 2 is 1.95 bits per heavy atom. The zero-order valence-electron chi connectivity index (χ0n) is 9.88. The van der Waals surface area contributed by atoms with Crippen LogP contribution in [0.15, 0.2) is 47.1 Å². The number of benzene rings is 1. The standard InChI is InChI=1S/C13H11BrFNO2S/c14-11-5-4-10(13(15)7-11)8-19(17,18)9-12-3-1-2-6-16-12/h1-7H,8-9H2. The van der Waals surface area contributed by atoms with Crippen LogP contribution in [-0.2, 0) is 21.3 Å². The fraction of sp³-hybridized carbons (Fsp3) is 0.154. The van der Waals surface area contributed by atoms with Crippen molar-refractivity contribution in [3.05, 3.63) is 64.1 Å². The molecule has 0 saturated heterocycles. The minimum atomic E-state index is -3.44. The topological polar surface area (TPSA) is 47.0 Å². The summed E-state index contributed by atoms with van der Waals surface area (Å²) in [5.41, 5.74) is 0.624. The molecule has 2 rings (SSSR count). The molecule has 0 bridgehead atoms. The molecule has 100 valence electrons. The maximum Gasteiger partial charge on any atom is 0.160 e. The zero-order chi connectivity index (χ0) is 13.9. The van der Waals surface area contributed by atoms with Gasteiger partial charge in [0, 0.05) is 16.2 Å². The summed E-state index contributed by atoms with van der Waals surface area (Å²) in [4.78, 5) is 3.96. The highest BCUT2D eigenvalue weighted by Crippen LogP contribution is 2.18. The van der Waals surface area contributed by atoms with Crippen molar-refractivity contribution in [1.82, 2.24) is 4.98 Å². The van der Waals surface area contributed by atoms with Crippen LogP contribution in [0.2, 0.25) is 0 Å². The summed E-state index contributed by atoms with van der Waals surface area (Å²) in [6, 6.07) is 9.41. The van der Waals surface area contributed by atoms with Crippen molar-refractivity contribution < 1.29 is 12.8 Å². The molecule has 2 aromatic rings. The van der Waals surface area contributed by atoms with Crippen LogP contribution in [-0.4, -0.2) is 13.4 Å². The van der Waals surface area contributed by atoms with Gasteiger partial charge in [0.05, 0.1) is 17.2 Å². The van der Waals surface area contributed by atoms with Crippen LogP contribution in [0.3, 0.4) is 0 Å². The smallest absolute Gasteiger partial charge is 0.160 e. The summed E-state index contributed by atoms with van der Waals surface area (Å²) in [6.07, 6.45) is 1.53. The number of aromatic nitrogens is 1. The molecule has 0 aliphatic carbocycles. The summed E-state index contributed by atoms with van der Waals surface area (Å²) in [7, 11) is -3.44. The quantitative estimate of drug-likeness (QED) is 0.856. The molecule has 0 aliphatic rings. The molecule has 3 nitrogen and oxygen atoms in total. The van der Waals surface area contributed by atoms with Crippen LogP contribution in [0.1, 0.15) is 11.3 Å². The average molecular weight is 344 g/mol. The molecular formula is C13H11BrFNO2S. The fourth-order valence-electron chi connectivity index (χ4n) is 1.64. The first kappa shape index (κ1) is 14.1. The highest BCUT2D eigenvalue weighted by molar-refractivity contribution is 9.10. The predicted octanol–water partition coefficient (Wildman–Crippen LogP) is 3.10. The van der Waals surface area contributed by atoms with Crippen LogP contribution < -0.4 is 0 Å². The van der Waals surface area contributed by atoms with Gasteiger partial charge in [-0.25, -0.2) is 12.8 Å². The van der Waals surface area contributed by atoms with Crippen molar-refractivity contribution >= 4 is 25.8 Å². The molecule has 0 saturated carbocycles. The van der Waals surface area contributed by atoms with E-state index in [1.165, 1.54) is 18.3 Å². The van der Waals surface area contributed by atoms with Crippen LogP contribution >= 0.6 is 15.9 Å². The fourth-order valence-corrected chi connectivity index (χ4v) is 3.40. The van der Waals surface area contributed by atoms with Gasteiger partial charge in [-0.1, -0.05) is 28.1 Å². The third kappa shape index (κ3) is 4.11. The average Bonchev–Trinajstić information content (AvgIpc) is 2.33. The molecule has 0 aliphatic heterocycles. The molecular weight excluding hydrogens is 333 g/mol. The first-order valence-electron chi connectivity index (χ1n) is 5.50. The summed E-state index contributed by atoms with van der Waals surface area (Å²) in [5.74, 6) is -1.05. The van der Waals surface area contributed by atoms with E-state index in [0.29, 0.717) is 10.2 Å². The molecule has 0 N–H and O–H groups in total. The van der Waals surface area contributed by atoms with Gasteiger partial charge in [-0.15, -0.1) is 0 Å². The Kier molecular flexibility index (Phi) is 4.31. The number of rotatable bonds is 4. The SMILES string of the molecule is O=S(=O)(Cc1ccccn1)Cc1ccc(Br)cc1F. The first-order valence-corrected chi connectivity index (χ1v) is 8.12. The highest BCUT2D eigenvalue weighted by atomic mass is 79.9. The van der Waals surface area contributed by atoms with Gasteiger partial charge in [0.1, 0.15) is 5.82 Å². The third-order valence-electron chi connectivity index (χ3n) is 2.48. The molecule has 1 aromatic carbocycles. The van der Waals surface area contributed by atoms with E-state index in [-0.39, 0.29) is 17.1 Å². The molecule has 6 heteroatoms. The lowest BCUT2D eigenvalue weighted by atomic mass is 10.2. The molecule has 0 spiro atoms. The van der Waals surface area contributed by atoms with Crippen LogP contribution in [0.5, 0.6) is 0 Å². The van der Waals surface area contributed by atoms with E-state index in [9.17, 15) is 12.8 Å². The molecule has 0 radical (unpaired) electrons. The molecule has 0 unspecified atom stereocenters. The second-order valence-corrected chi connectivity index (χ2v) is 7.07.